The second kappa shape index (κ2) is 10.7. The smallest absolute Gasteiger partial charge is 0.335 e. The molecule has 4 rings (SSSR count). The lowest BCUT2D eigenvalue weighted by atomic mass is 10.0. The number of anilines is 1. The number of halogens is 1. The van der Waals surface area contributed by atoms with E-state index in [-0.39, 0.29) is 17.2 Å². The number of thiophene rings is 1. The highest BCUT2D eigenvalue weighted by Gasteiger charge is 2.18. The van der Waals surface area contributed by atoms with Crippen molar-refractivity contribution in [3.05, 3.63) is 87.8 Å². The number of aryl methyl sites for hydroxylation is 1. The summed E-state index contributed by atoms with van der Waals surface area (Å²) < 4.78 is 0. The van der Waals surface area contributed by atoms with Crippen molar-refractivity contribution >= 4 is 52.3 Å². The predicted molar refractivity (Wildman–Crippen MR) is 140 cm³/mol. The highest BCUT2D eigenvalue weighted by atomic mass is 35.5. The quantitative estimate of drug-likeness (QED) is 0.262. The van der Waals surface area contributed by atoms with Crippen molar-refractivity contribution in [3.63, 3.8) is 0 Å². The number of amides is 1. The van der Waals surface area contributed by atoms with Gasteiger partial charge in [0, 0.05) is 16.3 Å². The number of pyridine rings is 1. The van der Waals surface area contributed by atoms with E-state index < -0.39 is 5.97 Å². The lowest BCUT2D eigenvalue weighted by Gasteiger charge is -2.13. The number of rotatable bonds is 7. The van der Waals surface area contributed by atoms with E-state index in [1.165, 1.54) is 23.5 Å². The van der Waals surface area contributed by atoms with E-state index in [2.05, 4.69) is 11.4 Å². The third-order valence-corrected chi connectivity index (χ3v) is 7.25. The van der Waals surface area contributed by atoms with Gasteiger partial charge in [-0.3, -0.25) is 4.79 Å². The fraction of sp³-hybridized carbons (Fsp3) is 0.0769. The summed E-state index contributed by atoms with van der Waals surface area (Å²) in [4.78, 5) is 29.6. The molecule has 0 fully saturated rings. The van der Waals surface area contributed by atoms with Crippen LogP contribution in [0.1, 0.15) is 21.5 Å². The number of aromatic carboxylic acids is 1. The summed E-state index contributed by atoms with van der Waals surface area (Å²) in [6.45, 7) is 1.78. The monoisotopic (exact) mass is 519 g/mol. The molecule has 0 saturated carbocycles. The minimum Gasteiger partial charge on any atom is -0.478 e. The Morgan fingerprint density at radius 1 is 1.17 bits per heavy atom. The van der Waals surface area contributed by atoms with Gasteiger partial charge in [-0.2, -0.15) is 5.26 Å². The van der Waals surface area contributed by atoms with Crippen molar-refractivity contribution in [2.45, 2.75) is 11.9 Å². The van der Waals surface area contributed by atoms with Crippen molar-refractivity contribution in [1.29, 1.82) is 5.26 Å². The Bertz CT molecular complexity index is 1450. The molecule has 0 unspecified atom stereocenters. The molecule has 0 saturated heterocycles. The molecule has 0 aliphatic carbocycles. The average Bonchev–Trinajstić information content (AvgIpc) is 3.39. The van der Waals surface area contributed by atoms with Gasteiger partial charge in [0.15, 0.2) is 0 Å². The number of carbonyl (C=O) groups excluding carboxylic acids is 1. The van der Waals surface area contributed by atoms with Gasteiger partial charge in [0.1, 0.15) is 11.1 Å². The molecule has 2 N–H and O–H groups in total. The van der Waals surface area contributed by atoms with Gasteiger partial charge in [-0.15, -0.1) is 11.3 Å². The van der Waals surface area contributed by atoms with Gasteiger partial charge in [-0.25, -0.2) is 9.78 Å². The van der Waals surface area contributed by atoms with Crippen LogP contribution in [0.3, 0.4) is 0 Å². The molecule has 174 valence electrons. The Morgan fingerprint density at radius 2 is 1.94 bits per heavy atom. The summed E-state index contributed by atoms with van der Waals surface area (Å²) in [5.41, 5.74) is 3.86. The molecule has 6 nitrogen and oxygen atoms in total. The van der Waals surface area contributed by atoms with Gasteiger partial charge in [0.2, 0.25) is 5.91 Å². The normalized spacial score (nSPS) is 10.5. The number of hydrogen-bond acceptors (Lipinski definition) is 6. The van der Waals surface area contributed by atoms with Crippen molar-refractivity contribution in [2.75, 3.05) is 11.1 Å². The zero-order valence-electron chi connectivity index (χ0n) is 18.4. The van der Waals surface area contributed by atoms with Crippen LogP contribution in [0.25, 0.3) is 21.7 Å². The lowest BCUT2D eigenvalue weighted by Crippen LogP contribution is -2.15. The predicted octanol–water partition coefficient (Wildman–Crippen LogP) is 6.74. The van der Waals surface area contributed by atoms with Gasteiger partial charge in [0.25, 0.3) is 0 Å². The molecular formula is C26H18ClN3O3S2. The molecule has 9 heteroatoms. The number of carbonyl (C=O) groups is 2. The highest BCUT2D eigenvalue weighted by molar-refractivity contribution is 8.00. The Labute approximate surface area is 215 Å². The number of hydrogen-bond donors (Lipinski definition) is 2. The largest absolute Gasteiger partial charge is 0.478 e. The van der Waals surface area contributed by atoms with Crippen LogP contribution in [-0.2, 0) is 4.79 Å². The van der Waals surface area contributed by atoms with E-state index in [4.69, 9.17) is 16.6 Å². The summed E-state index contributed by atoms with van der Waals surface area (Å²) in [6, 6.07) is 19.8. The Morgan fingerprint density at radius 3 is 2.60 bits per heavy atom. The van der Waals surface area contributed by atoms with Crippen molar-refractivity contribution < 1.29 is 14.7 Å². The fourth-order valence-corrected chi connectivity index (χ4v) is 4.97. The van der Waals surface area contributed by atoms with Crippen LogP contribution < -0.4 is 5.32 Å². The Hall–Kier alpha value is -3.64. The zero-order valence-corrected chi connectivity index (χ0v) is 20.8. The summed E-state index contributed by atoms with van der Waals surface area (Å²) >= 11 is 8.74. The SMILES string of the molecule is Cc1ccc(C(=O)O)cc1NC(=O)CSc1nc(-c2cccs2)cc(-c2ccc(Cl)cc2)c1C#N. The molecule has 2 aromatic heterocycles. The van der Waals surface area contributed by atoms with Crippen LogP contribution in [0.4, 0.5) is 5.69 Å². The van der Waals surface area contributed by atoms with Crippen LogP contribution in [0.2, 0.25) is 5.02 Å². The standard InChI is InChI=1S/C26H18ClN3O3S2/c1-15-4-5-17(26(32)33)11-21(15)29-24(31)14-35-25-20(13-28)19(16-6-8-18(27)9-7-16)12-22(30-25)23-3-2-10-34-23/h2-12H,14H2,1H3,(H,29,31)(H,32,33). The number of thioether (sulfide) groups is 1. The van der Waals surface area contributed by atoms with E-state index in [0.29, 0.717) is 32.6 Å². The second-order valence-electron chi connectivity index (χ2n) is 7.50. The molecule has 0 spiro atoms. The topological polar surface area (TPSA) is 103 Å². The van der Waals surface area contributed by atoms with Crippen molar-refractivity contribution in [1.82, 2.24) is 4.98 Å². The van der Waals surface area contributed by atoms with Gasteiger partial charge in [-0.1, -0.05) is 47.6 Å². The summed E-state index contributed by atoms with van der Waals surface area (Å²) in [7, 11) is 0. The maximum Gasteiger partial charge on any atom is 0.335 e. The van der Waals surface area contributed by atoms with Gasteiger partial charge < -0.3 is 10.4 Å². The van der Waals surface area contributed by atoms with Gasteiger partial charge >= 0.3 is 5.97 Å². The van der Waals surface area contributed by atoms with Crippen LogP contribution >= 0.6 is 34.7 Å². The molecule has 0 aliphatic rings. The third kappa shape index (κ3) is 5.72. The second-order valence-corrected chi connectivity index (χ2v) is 9.85. The molecule has 0 radical (unpaired) electrons. The van der Waals surface area contributed by atoms with Crippen molar-refractivity contribution in [3.8, 4) is 27.8 Å². The summed E-state index contributed by atoms with van der Waals surface area (Å²) in [5, 5.41) is 24.9. The van der Waals surface area contributed by atoms with E-state index >= 15 is 0 Å². The Balaban J connectivity index is 1.64. The van der Waals surface area contributed by atoms with Crippen LogP contribution in [-0.4, -0.2) is 27.7 Å². The lowest BCUT2D eigenvalue weighted by molar-refractivity contribution is -0.113. The fourth-order valence-electron chi connectivity index (χ4n) is 3.35. The zero-order chi connectivity index (χ0) is 24.9. The number of nitrogens with one attached hydrogen (secondary N) is 1. The molecule has 2 aromatic carbocycles. The van der Waals surface area contributed by atoms with E-state index in [0.717, 1.165) is 27.8 Å². The highest BCUT2D eigenvalue weighted by Crippen LogP contribution is 2.36. The maximum absolute atomic E-state index is 12.7. The molecule has 2 heterocycles. The van der Waals surface area contributed by atoms with E-state index in [1.807, 2.05) is 35.7 Å². The van der Waals surface area contributed by atoms with Gasteiger partial charge in [-0.05, 0) is 59.8 Å². The van der Waals surface area contributed by atoms with Crippen LogP contribution in [0, 0.1) is 18.3 Å². The van der Waals surface area contributed by atoms with Crippen molar-refractivity contribution in [2.24, 2.45) is 0 Å². The first-order chi connectivity index (χ1) is 16.9. The number of benzene rings is 2. The van der Waals surface area contributed by atoms with E-state index in [1.54, 1.807) is 25.1 Å². The maximum atomic E-state index is 12.7. The molecule has 0 aliphatic heterocycles. The number of carboxylic acids is 1. The summed E-state index contributed by atoms with van der Waals surface area (Å²) in [6.07, 6.45) is 0. The van der Waals surface area contributed by atoms with Crippen LogP contribution in [0.15, 0.2) is 71.1 Å². The minimum absolute atomic E-state index is 0.00757. The molecule has 0 bridgehead atoms. The number of nitrogens with zero attached hydrogens (tertiary/aromatic N) is 2. The number of carboxylic acid groups (broad SMARTS) is 1. The first-order valence-electron chi connectivity index (χ1n) is 10.4. The minimum atomic E-state index is -1.07. The number of aromatic nitrogens is 1. The third-order valence-electron chi connectivity index (χ3n) is 5.13. The molecular weight excluding hydrogens is 502 g/mol. The van der Waals surface area contributed by atoms with E-state index in [9.17, 15) is 20.0 Å². The Kier molecular flexibility index (Phi) is 7.51. The summed E-state index contributed by atoms with van der Waals surface area (Å²) in [5.74, 6) is -1.41. The van der Waals surface area contributed by atoms with Crippen LogP contribution in [0.5, 0.6) is 0 Å². The first kappa shape index (κ1) is 24.5. The number of nitriles is 1. The average molecular weight is 520 g/mol. The molecule has 4 aromatic rings. The van der Waals surface area contributed by atoms with Gasteiger partial charge in [0.05, 0.1) is 27.5 Å². The molecule has 35 heavy (non-hydrogen) atoms. The molecule has 1 amide bonds. The first-order valence-corrected chi connectivity index (χ1v) is 12.6. The molecule has 0 atom stereocenters.